The van der Waals surface area contributed by atoms with E-state index >= 15 is 0 Å². The van der Waals surface area contributed by atoms with Crippen LogP contribution in [0.2, 0.25) is 0 Å². The largest absolute Gasteiger partial charge is 0.0620 e. The van der Waals surface area contributed by atoms with Gasteiger partial charge in [-0.3, -0.25) is 0 Å². The summed E-state index contributed by atoms with van der Waals surface area (Å²) in [6, 6.07) is 58.8. The van der Waals surface area contributed by atoms with Crippen LogP contribution in [-0.4, -0.2) is 0 Å². The van der Waals surface area contributed by atoms with Gasteiger partial charge in [0, 0.05) is 0 Å². The lowest BCUT2D eigenvalue weighted by Crippen LogP contribution is -2.07. The van der Waals surface area contributed by atoms with Crippen LogP contribution < -0.4 is 0 Å². The van der Waals surface area contributed by atoms with Gasteiger partial charge in [-0.05, 0) is 123 Å². The molecular weight excluding hydrogens is 553 g/mol. The normalized spacial score (nSPS) is 12.6. The Morgan fingerprint density at radius 3 is 1.41 bits per heavy atom. The molecule has 0 saturated heterocycles. The van der Waals surface area contributed by atoms with Gasteiger partial charge >= 0.3 is 0 Å². The molecule has 0 saturated carbocycles. The molecule has 1 aliphatic carbocycles. The van der Waals surface area contributed by atoms with Gasteiger partial charge in [0.15, 0.2) is 0 Å². The molecule has 0 nitrogen and oxygen atoms in total. The summed E-state index contributed by atoms with van der Waals surface area (Å²) in [5, 5.41) is 13.0. The van der Waals surface area contributed by atoms with E-state index in [0.29, 0.717) is 0 Å². The van der Waals surface area contributed by atoms with Crippen molar-refractivity contribution in [1.29, 1.82) is 0 Å². The Morgan fingerprint density at radius 2 is 0.739 bits per heavy atom. The van der Waals surface area contributed by atoms with Gasteiger partial charge in [0.1, 0.15) is 0 Å². The van der Waals surface area contributed by atoms with Crippen LogP contribution in [0.5, 0.6) is 0 Å². The molecule has 0 bridgehead atoms. The summed E-state index contributed by atoms with van der Waals surface area (Å²) in [5.74, 6) is 0. The molecule has 0 spiro atoms. The van der Waals surface area contributed by atoms with Gasteiger partial charge in [0.2, 0.25) is 0 Å². The van der Waals surface area contributed by atoms with Gasteiger partial charge in [0.25, 0.3) is 0 Å². The van der Waals surface area contributed by atoms with Gasteiger partial charge in [-0.1, -0.05) is 146 Å². The zero-order valence-corrected chi connectivity index (χ0v) is 25.4. The lowest BCUT2D eigenvalue weighted by Gasteiger charge is -2.27. The molecule has 0 N–H and O–H groups in total. The Labute approximate surface area is 268 Å². The predicted octanol–water partition coefficient (Wildman–Crippen LogP) is 12.6. The third-order valence-electron chi connectivity index (χ3n) is 10.3. The van der Waals surface area contributed by atoms with Crippen molar-refractivity contribution in [2.24, 2.45) is 0 Å². The van der Waals surface area contributed by atoms with Gasteiger partial charge < -0.3 is 0 Å². The fourth-order valence-corrected chi connectivity index (χ4v) is 8.39. The first-order chi connectivity index (χ1) is 22.8. The summed E-state index contributed by atoms with van der Waals surface area (Å²) in [4.78, 5) is 0. The molecule has 0 amide bonds. The molecule has 10 rings (SSSR count). The summed E-state index contributed by atoms with van der Waals surface area (Å²) in [7, 11) is 0. The molecular formula is C46H30. The standard InChI is InChI=1S/C46H30/c1-5-17-33-29(13-1)25-26-41-43(28-31-15-3-6-18-34(31)44(33)41)46-39-23-11-9-21-37(39)45(38-22-10-12-24-40(38)46)42-27-30-14-2-4-16-32(30)35-19-7-8-20-36(35)42/h1-24,27-28H,25-26H2. The molecule has 0 aromatic heterocycles. The number of aryl methyl sites for hydroxylation is 1. The molecule has 46 heavy (non-hydrogen) atoms. The van der Waals surface area contributed by atoms with E-state index in [9.17, 15) is 0 Å². The van der Waals surface area contributed by atoms with Crippen molar-refractivity contribution in [3.63, 3.8) is 0 Å². The van der Waals surface area contributed by atoms with Gasteiger partial charge in [0.05, 0.1) is 0 Å². The van der Waals surface area contributed by atoms with Crippen LogP contribution in [0.1, 0.15) is 11.1 Å². The predicted molar refractivity (Wildman–Crippen MR) is 198 cm³/mol. The first-order valence-electron chi connectivity index (χ1n) is 16.3. The molecule has 0 aliphatic heterocycles. The lowest BCUT2D eigenvalue weighted by atomic mass is 9.77. The summed E-state index contributed by atoms with van der Waals surface area (Å²) in [6.45, 7) is 0. The number of fused-ring (bicyclic) bond motifs is 10. The van der Waals surface area contributed by atoms with Crippen LogP contribution in [0.25, 0.3) is 87.2 Å². The van der Waals surface area contributed by atoms with E-state index in [0.717, 1.165) is 12.8 Å². The summed E-state index contributed by atoms with van der Waals surface area (Å²) in [5.41, 5.74) is 11.0. The van der Waals surface area contributed by atoms with Crippen molar-refractivity contribution in [3.05, 3.63) is 169 Å². The van der Waals surface area contributed by atoms with Crippen molar-refractivity contribution in [1.82, 2.24) is 0 Å². The maximum Gasteiger partial charge on any atom is -0.00199 e. The van der Waals surface area contributed by atoms with E-state index in [-0.39, 0.29) is 0 Å². The molecule has 214 valence electrons. The zero-order valence-electron chi connectivity index (χ0n) is 25.4. The van der Waals surface area contributed by atoms with Crippen molar-refractivity contribution < 1.29 is 0 Å². The summed E-state index contributed by atoms with van der Waals surface area (Å²) < 4.78 is 0. The number of benzene rings is 9. The molecule has 0 radical (unpaired) electrons. The Balaban J connectivity index is 1.38. The van der Waals surface area contributed by atoms with Crippen molar-refractivity contribution in [2.75, 3.05) is 0 Å². The second kappa shape index (κ2) is 9.89. The van der Waals surface area contributed by atoms with Crippen LogP contribution in [-0.2, 0) is 12.8 Å². The van der Waals surface area contributed by atoms with Gasteiger partial charge in [-0.2, -0.15) is 0 Å². The monoisotopic (exact) mass is 582 g/mol. The first-order valence-corrected chi connectivity index (χ1v) is 16.3. The maximum absolute atomic E-state index is 2.47. The van der Waals surface area contributed by atoms with E-state index in [2.05, 4.69) is 158 Å². The SMILES string of the molecule is c1ccc2c(c1)CCc1c(-c3c4ccccc4c(-c4cc5ccccc5c5ccccc45)c4ccccc34)cc3ccccc3c1-2. The fourth-order valence-electron chi connectivity index (χ4n) is 8.39. The average Bonchev–Trinajstić information content (AvgIpc) is 3.13. The number of hydrogen-bond donors (Lipinski definition) is 0. The molecule has 0 heteroatoms. The van der Waals surface area contributed by atoms with Crippen molar-refractivity contribution in [2.45, 2.75) is 12.8 Å². The Morgan fingerprint density at radius 1 is 0.283 bits per heavy atom. The van der Waals surface area contributed by atoms with Crippen LogP contribution >= 0.6 is 0 Å². The van der Waals surface area contributed by atoms with E-state index in [4.69, 9.17) is 0 Å². The van der Waals surface area contributed by atoms with Gasteiger partial charge in [-0.25, -0.2) is 0 Å². The molecule has 0 fully saturated rings. The van der Waals surface area contributed by atoms with E-state index in [1.54, 1.807) is 0 Å². The Kier molecular flexibility index (Phi) is 5.50. The van der Waals surface area contributed by atoms with Crippen LogP contribution in [0.4, 0.5) is 0 Å². The second-order valence-corrected chi connectivity index (χ2v) is 12.7. The van der Waals surface area contributed by atoms with E-state index in [1.807, 2.05) is 0 Å². The summed E-state index contributed by atoms with van der Waals surface area (Å²) in [6.07, 6.45) is 2.10. The molecule has 9 aromatic rings. The third kappa shape index (κ3) is 3.62. The minimum Gasteiger partial charge on any atom is -0.0620 e. The topological polar surface area (TPSA) is 0 Å². The molecule has 1 aliphatic rings. The molecule has 0 heterocycles. The fraction of sp³-hybridized carbons (Fsp3) is 0.0435. The first kappa shape index (κ1) is 25.6. The number of rotatable bonds is 2. The highest BCUT2D eigenvalue weighted by Gasteiger charge is 2.25. The molecule has 0 atom stereocenters. The van der Waals surface area contributed by atoms with Crippen molar-refractivity contribution in [3.8, 4) is 33.4 Å². The zero-order chi connectivity index (χ0) is 30.2. The highest BCUT2D eigenvalue weighted by atomic mass is 14.3. The van der Waals surface area contributed by atoms with Crippen LogP contribution in [0.15, 0.2) is 158 Å². The molecule has 0 unspecified atom stereocenters. The molecule has 9 aromatic carbocycles. The number of hydrogen-bond acceptors (Lipinski definition) is 0. The minimum atomic E-state index is 1.03. The van der Waals surface area contributed by atoms with E-state index < -0.39 is 0 Å². The Hall–Kier alpha value is -5.72. The summed E-state index contributed by atoms with van der Waals surface area (Å²) >= 11 is 0. The quantitative estimate of drug-likeness (QED) is 0.140. The van der Waals surface area contributed by atoms with Crippen LogP contribution in [0.3, 0.4) is 0 Å². The van der Waals surface area contributed by atoms with Crippen LogP contribution in [0, 0.1) is 0 Å². The lowest BCUT2D eigenvalue weighted by molar-refractivity contribution is 0.947. The smallest absolute Gasteiger partial charge is 0.00199 e. The highest BCUT2D eigenvalue weighted by molar-refractivity contribution is 6.26. The third-order valence-corrected chi connectivity index (χ3v) is 10.3. The maximum atomic E-state index is 2.47. The Bertz CT molecular complexity index is 2630. The highest BCUT2D eigenvalue weighted by Crippen LogP contribution is 2.50. The minimum absolute atomic E-state index is 1.03. The van der Waals surface area contributed by atoms with E-state index in [1.165, 1.54) is 98.4 Å². The van der Waals surface area contributed by atoms with Crippen molar-refractivity contribution >= 4 is 53.9 Å². The van der Waals surface area contributed by atoms with Gasteiger partial charge in [-0.15, -0.1) is 0 Å². The average molecular weight is 583 g/mol. The second-order valence-electron chi connectivity index (χ2n) is 12.7.